The van der Waals surface area contributed by atoms with Gasteiger partial charge in [0.2, 0.25) is 0 Å². The van der Waals surface area contributed by atoms with Gasteiger partial charge in [0.15, 0.2) is 0 Å². The molecule has 2 aromatic heterocycles. The van der Waals surface area contributed by atoms with Gasteiger partial charge in [-0.15, -0.1) is 11.3 Å². The molecule has 0 aliphatic heterocycles. The number of hydrogen-bond donors (Lipinski definition) is 0. The zero-order valence-corrected chi connectivity index (χ0v) is 15.9. The van der Waals surface area contributed by atoms with Gasteiger partial charge >= 0.3 is 11.9 Å². The number of hydrogen-bond acceptors (Lipinski definition) is 7. The topological polar surface area (TPSA) is 87.5 Å². The predicted molar refractivity (Wildman–Crippen MR) is 97.5 cm³/mol. The van der Waals surface area contributed by atoms with Crippen LogP contribution >= 0.6 is 11.3 Å². The number of aryl methyl sites for hydroxylation is 1. The van der Waals surface area contributed by atoms with E-state index in [1.165, 1.54) is 18.0 Å². The van der Waals surface area contributed by atoms with Crippen LogP contribution in [0.15, 0.2) is 11.1 Å². The van der Waals surface area contributed by atoms with E-state index in [1.54, 1.807) is 6.92 Å². The Balaban J connectivity index is 1.81. The number of thiophene rings is 1. The number of carbonyl (C=O) groups is 2. The minimum absolute atomic E-state index is 0.0764. The predicted octanol–water partition coefficient (Wildman–Crippen LogP) is 2.67. The maximum absolute atomic E-state index is 12.7. The molecule has 0 radical (unpaired) electrons. The summed E-state index contributed by atoms with van der Waals surface area (Å²) in [7, 11) is 1.29. The van der Waals surface area contributed by atoms with E-state index in [-0.39, 0.29) is 18.2 Å². The third kappa shape index (κ3) is 3.65. The van der Waals surface area contributed by atoms with E-state index in [9.17, 15) is 14.4 Å². The molecule has 0 spiro atoms. The molecular weight excluding hydrogens is 356 g/mol. The summed E-state index contributed by atoms with van der Waals surface area (Å²) in [6.45, 7) is 3.65. The molecule has 1 fully saturated rings. The first-order valence-electron chi connectivity index (χ1n) is 8.67. The van der Waals surface area contributed by atoms with E-state index in [0.717, 1.165) is 37.0 Å². The Morgan fingerprint density at radius 1 is 1.38 bits per heavy atom. The molecule has 0 unspecified atom stereocenters. The molecule has 3 rings (SSSR count). The molecule has 2 heterocycles. The Morgan fingerprint density at radius 2 is 2.15 bits per heavy atom. The second-order valence-electron chi connectivity index (χ2n) is 6.79. The van der Waals surface area contributed by atoms with E-state index in [1.807, 2.05) is 0 Å². The van der Waals surface area contributed by atoms with Crippen LogP contribution in [-0.2, 0) is 20.8 Å². The van der Waals surface area contributed by atoms with Gasteiger partial charge in [-0.3, -0.25) is 14.2 Å². The lowest BCUT2D eigenvalue weighted by Gasteiger charge is -2.26. The summed E-state index contributed by atoms with van der Waals surface area (Å²) in [6, 6.07) is 0. The first-order chi connectivity index (χ1) is 12.4. The van der Waals surface area contributed by atoms with Crippen molar-refractivity contribution in [2.24, 2.45) is 5.92 Å². The fourth-order valence-corrected chi connectivity index (χ4v) is 4.46. The molecule has 0 aromatic carbocycles. The highest BCUT2D eigenvalue weighted by atomic mass is 32.1. The fraction of sp³-hybridized carbons (Fsp3) is 0.556. The maximum atomic E-state index is 12.7. The average molecular weight is 378 g/mol. The summed E-state index contributed by atoms with van der Waals surface area (Å²) in [4.78, 5) is 41.8. The van der Waals surface area contributed by atoms with Crippen LogP contribution in [0.4, 0.5) is 0 Å². The van der Waals surface area contributed by atoms with E-state index in [0.29, 0.717) is 26.6 Å². The molecule has 8 heteroatoms. The number of rotatable bonds is 4. The molecule has 26 heavy (non-hydrogen) atoms. The second-order valence-corrected chi connectivity index (χ2v) is 7.79. The third-order valence-corrected chi connectivity index (χ3v) is 5.95. The van der Waals surface area contributed by atoms with Crippen LogP contribution < -0.4 is 5.56 Å². The SMILES string of the molecule is COC(=O)c1sc2ncn(CC(=O)O[C@@H]3CCC[C@H](C)C3)c(=O)c2c1C. The zero-order valence-electron chi connectivity index (χ0n) is 15.1. The second kappa shape index (κ2) is 7.57. The monoisotopic (exact) mass is 378 g/mol. The van der Waals surface area contributed by atoms with Crippen molar-refractivity contribution in [3.05, 3.63) is 27.1 Å². The molecule has 0 saturated heterocycles. The van der Waals surface area contributed by atoms with Crippen molar-refractivity contribution >= 4 is 33.5 Å². The van der Waals surface area contributed by atoms with Crippen molar-refractivity contribution in [3.8, 4) is 0 Å². The third-order valence-electron chi connectivity index (χ3n) is 4.77. The van der Waals surface area contributed by atoms with Crippen LogP contribution in [0.1, 0.15) is 47.8 Å². The fourth-order valence-electron chi connectivity index (χ4n) is 3.41. The van der Waals surface area contributed by atoms with Crippen LogP contribution in [0, 0.1) is 12.8 Å². The molecule has 1 saturated carbocycles. The van der Waals surface area contributed by atoms with Gasteiger partial charge in [-0.2, -0.15) is 0 Å². The number of methoxy groups -OCH3 is 1. The van der Waals surface area contributed by atoms with Crippen LogP contribution in [0.3, 0.4) is 0 Å². The highest BCUT2D eigenvalue weighted by Crippen LogP contribution is 2.28. The smallest absolute Gasteiger partial charge is 0.348 e. The summed E-state index contributed by atoms with van der Waals surface area (Å²) in [5.74, 6) is -0.386. The standard InChI is InChI=1S/C18H22N2O5S/c1-10-5-4-6-12(7-10)25-13(21)8-20-9-19-16-14(17(20)22)11(2)15(26-16)18(23)24-3/h9-10,12H,4-8H2,1-3H3/t10-,12+/m0/s1. The lowest BCUT2D eigenvalue weighted by Crippen LogP contribution is -2.30. The number of aromatic nitrogens is 2. The van der Waals surface area contributed by atoms with Gasteiger partial charge in [0, 0.05) is 0 Å². The van der Waals surface area contributed by atoms with Gasteiger partial charge in [0.1, 0.15) is 22.4 Å². The van der Waals surface area contributed by atoms with Crippen molar-refractivity contribution in [1.82, 2.24) is 9.55 Å². The maximum Gasteiger partial charge on any atom is 0.348 e. The van der Waals surface area contributed by atoms with Gasteiger partial charge in [0.25, 0.3) is 5.56 Å². The number of fused-ring (bicyclic) bond motifs is 1. The number of esters is 2. The Hall–Kier alpha value is -2.22. The highest BCUT2D eigenvalue weighted by molar-refractivity contribution is 7.20. The molecule has 0 amide bonds. The molecule has 0 bridgehead atoms. The van der Waals surface area contributed by atoms with Gasteiger partial charge in [-0.05, 0) is 37.7 Å². The van der Waals surface area contributed by atoms with Crippen molar-refractivity contribution in [1.29, 1.82) is 0 Å². The van der Waals surface area contributed by atoms with Crippen molar-refractivity contribution in [2.75, 3.05) is 7.11 Å². The van der Waals surface area contributed by atoms with Gasteiger partial charge in [-0.25, -0.2) is 9.78 Å². The van der Waals surface area contributed by atoms with E-state index < -0.39 is 11.9 Å². The van der Waals surface area contributed by atoms with Crippen LogP contribution in [0.5, 0.6) is 0 Å². The minimum atomic E-state index is -0.498. The molecule has 1 aliphatic carbocycles. The number of ether oxygens (including phenoxy) is 2. The minimum Gasteiger partial charge on any atom is -0.465 e. The van der Waals surface area contributed by atoms with Crippen molar-refractivity contribution in [3.63, 3.8) is 0 Å². The molecule has 0 N–H and O–H groups in total. The summed E-state index contributed by atoms with van der Waals surface area (Å²) < 4.78 is 11.5. The molecule has 140 valence electrons. The number of nitrogens with zero attached hydrogens (tertiary/aromatic N) is 2. The quantitative estimate of drug-likeness (QED) is 0.760. The Morgan fingerprint density at radius 3 is 2.85 bits per heavy atom. The van der Waals surface area contributed by atoms with Gasteiger partial charge in [0.05, 0.1) is 18.8 Å². The van der Waals surface area contributed by atoms with Crippen LogP contribution in [-0.4, -0.2) is 34.7 Å². The molecule has 1 aliphatic rings. The zero-order chi connectivity index (χ0) is 18.8. The van der Waals surface area contributed by atoms with Crippen molar-refractivity contribution < 1.29 is 19.1 Å². The summed E-state index contributed by atoms with van der Waals surface area (Å²) in [5.41, 5.74) is 0.172. The summed E-state index contributed by atoms with van der Waals surface area (Å²) in [5, 5.41) is 0.344. The van der Waals surface area contributed by atoms with Gasteiger partial charge < -0.3 is 9.47 Å². The van der Waals surface area contributed by atoms with E-state index >= 15 is 0 Å². The Bertz CT molecular complexity index is 901. The van der Waals surface area contributed by atoms with Gasteiger partial charge in [-0.1, -0.05) is 13.3 Å². The first-order valence-corrected chi connectivity index (χ1v) is 9.48. The lowest BCUT2D eigenvalue weighted by molar-refractivity contribution is -0.152. The summed E-state index contributed by atoms with van der Waals surface area (Å²) in [6.07, 6.45) is 5.20. The lowest BCUT2D eigenvalue weighted by atomic mass is 9.89. The van der Waals surface area contributed by atoms with Crippen LogP contribution in [0.25, 0.3) is 10.2 Å². The normalized spacial score (nSPS) is 20.1. The average Bonchev–Trinajstić information content (AvgIpc) is 2.94. The van der Waals surface area contributed by atoms with E-state index in [2.05, 4.69) is 11.9 Å². The largest absolute Gasteiger partial charge is 0.465 e. The van der Waals surface area contributed by atoms with Crippen molar-refractivity contribution in [2.45, 2.75) is 52.2 Å². The van der Waals surface area contributed by atoms with Crippen LogP contribution in [0.2, 0.25) is 0 Å². The molecule has 2 atom stereocenters. The highest BCUT2D eigenvalue weighted by Gasteiger charge is 2.24. The molecular formula is C18H22N2O5S. The molecule has 7 nitrogen and oxygen atoms in total. The Kier molecular flexibility index (Phi) is 5.41. The number of carbonyl (C=O) groups excluding carboxylic acids is 2. The molecule has 2 aromatic rings. The first kappa shape index (κ1) is 18.6. The Labute approximate surface area is 154 Å². The summed E-state index contributed by atoms with van der Waals surface area (Å²) >= 11 is 1.11. The van der Waals surface area contributed by atoms with E-state index in [4.69, 9.17) is 9.47 Å².